The number of amides is 1. The van der Waals surface area contributed by atoms with Gasteiger partial charge in [0.25, 0.3) is 5.56 Å². The monoisotopic (exact) mass is 273 g/mol. The van der Waals surface area contributed by atoms with Gasteiger partial charge in [0.2, 0.25) is 5.91 Å². The molecule has 6 heteroatoms. The molecule has 0 radical (unpaired) electrons. The van der Waals surface area contributed by atoms with Gasteiger partial charge in [0.05, 0.1) is 18.5 Å². The number of carbonyl (C=O) groups is 1. The summed E-state index contributed by atoms with van der Waals surface area (Å²) < 4.78 is 6.39. The van der Waals surface area contributed by atoms with Crippen molar-refractivity contribution >= 4 is 17.3 Å². The number of hydrogen-bond donors (Lipinski definition) is 2. The van der Waals surface area contributed by atoms with Gasteiger partial charge in [-0.2, -0.15) is 0 Å². The van der Waals surface area contributed by atoms with Crippen LogP contribution in [0, 0.1) is 0 Å². The summed E-state index contributed by atoms with van der Waals surface area (Å²) in [5, 5.41) is 2.69. The second-order valence-corrected chi connectivity index (χ2v) is 4.15. The van der Waals surface area contributed by atoms with Gasteiger partial charge in [-0.15, -0.1) is 0 Å². The van der Waals surface area contributed by atoms with Gasteiger partial charge in [0.15, 0.2) is 0 Å². The van der Waals surface area contributed by atoms with E-state index < -0.39 is 0 Å². The van der Waals surface area contributed by atoms with Crippen LogP contribution in [0.15, 0.2) is 47.4 Å². The molecular formula is C14H15N3O3. The van der Waals surface area contributed by atoms with Crippen molar-refractivity contribution in [1.29, 1.82) is 0 Å². The van der Waals surface area contributed by atoms with E-state index in [0.717, 1.165) is 0 Å². The highest BCUT2D eigenvalue weighted by atomic mass is 16.5. The Balaban J connectivity index is 2.13. The molecule has 0 atom stereocenters. The first kappa shape index (κ1) is 13.7. The van der Waals surface area contributed by atoms with Gasteiger partial charge in [-0.3, -0.25) is 9.59 Å². The topological polar surface area (TPSA) is 86.3 Å². The zero-order valence-corrected chi connectivity index (χ0v) is 11.0. The molecule has 3 N–H and O–H groups in total. The van der Waals surface area contributed by atoms with E-state index in [1.807, 2.05) is 0 Å². The van der Waals surface area contributed by atoms with Crippen LogP contribution in [0.25, 0.3) is 0 Å². The maximum Gasteiger partial charge on any atom is 0.274 e. The number of benzene rings is 1. The average Bonchev–Trinajstić information content (AvgIpc) is 2.44. The van der Waals surface area contributed by atoms with Gasteiger partial charge in [0, 0.05) is 6.20 Å². The molecule has 2 rings (SSSR count). The zero-order chi connectivity index (χ0) is 14.5. The molecular weight excluding hydrogens is 258 g/mol. The third kappa shape index (κ3) is 2.97. The van der Waals surface area contributed by atoms with Crippen LogP contribution < -0.4 is 21.3 Å². The molecule has 1 aromatic carbocycles. The van der Waals surface area contributed by atoms with E-state index in [9.17, 15) is 9.59 Å². The number of aromatic nitrogens is 1. The van der Waals surface area contributed by atoms with Gasteiger partial charge in [0.1, 0.15) is 12.3 Å². The molecule has 0 spiro atoms. The maximum atomic E-state index is 11.9. The van der Waals surface area contributed by atoms with Crippen LogP contribution in [-0.2, 0) is 11.3 Å². The van der Waals surface area contributed by atoms with E-state index in [0.29, 0.717) is 11.4 Å². The Morgan fingerprint density at radius 3 is 2.80 bits per heavy atom. The minimum Gasteiger partial charge on any atom is -0.495 e. The van der Waals surface area contributed by atoms with Crippen LogP contribution in [0.5, 0.6) is 5.75 Å². The summed E-state index contributed by atoms with van der Waals surface area (Å²) in [6, 6.07) is 10.2. The zero-order valence-electron chi connectivity index (χ0n) is 11.0. The average molecular weight is 273 g/mol. The second-order valence-electron chi connectivity index (χ2n) is 4.15. The number of anilines is 2. The molecule has 0 fully saturated rings. The molecule has 1 aromatic heterocycles. The summed E-state index contributed by atoms with van der Waals surface area (Å²) in [6.45, 7) is -0.109. The Morgan fingerprint density at radius 1 is 1.30 bits per heavy atom. The summed E-state index contributed by atoms with van der Waals surface area (Å²) in [4.78, 5) is 23.7. The summed E-state index contributed by atoms with van der Waals surface area (Å²) in [5.74, 6) is 0.225. The third-order valence-corrected chi connectivity index (χ3v) is 2.74. The number of carbonyl (C=O) groups excluding carboxylic acids is 1. The molecule has 0 saturated carbocycles. The number of para-hydroxylation sites is 2. The smallest absolute Gasteiger partial charge is 0.274 e. The summed E-state index contributed by atoms with van der Waals surface area (Å²) in [7, 11) is 1.52. The van der Waals surface area contributed by atoms with Crippen molar-refractivity contribution in [3.05, 3.63) is 52.9 Å². The number of pyridine rings is 1. The number of rotatable bonds is 4. The fourth-order valence-electron chi connectivity index (χ4n) is 1.77. The fraction of sp³-hybridized carbons (Fsp3) is 0.143. The quantitative estimate of drug-likeness (QED) is 0.872. The first-order valence-corrected chi connectivity index (χ1v) is 5.99. The van der Waals surface area contributed by atoms with Crippen LogP contribution in [0.1, 0.15) is 0 Å². The van der Waals surface area contributed by atoms with Gasteiger partial charge < -0.3 is 20.4 Å². The van der Waals surface area contributed by atoms with E-state index in [1.165, 1.54) is 23.9 Å². The lowest BCUT2D eigenvalue weighted by molar-refractivity contribution is -0.116. The van der Waals surface area contributed by atoms with Gasteiger partial charge in [-0.1, -0.05) is 12.1 Å². The molecule has 1 heterocycles. The van der Waals surface area contributed by atoms with Crippen molar-refractivity contribution in [3.8, 4) is 5.75 Å². The first-order valence-electron chi connectivity index (χ1n) is 5.99. The van der Waals surface area contributed by atoms with Crippen molar-refractivity contribution in [2.75, 3.05) is 18.2 Å². The fourth-order valence-corrected chi connectivity index (χ4v) is 1.77. The van der Waals surface area contributed by atoms with Crippen LogP contribution in [0.3, 0.4) is 0 Å². The Bertz CT molecular complexity index is 679. The second kappa shape index (κ2) is 5.92. The number of hydrogen-bond acceptors (Lipinski definition) is 4. The molecule has 104 valence electrons. The van der Waals surface area contributed by atoms with Gasteiger partial charge in [-0.25, -0.2) is 0 Å². The van der Waals surface area contributed by atoms with E-state index >= 15 is 0 Å². The van der Waals surface area contributed by atoms with Crippen LogP contribution in [0.4, 0.5) is 11.4 Å². The minimum absolute atomic E-state index is 0.109. The van der Waals surface area contributed by atoms with Crippen molar-refractivity contribution in [3.63, 3.8) is 0 Å². The summed E-state index contributed by atoms with van der Waals surface area (Å²) >= 11 is 0. The molecule has 20 heavy (non-hydrogen) atoms. The lowest BCUT2D eigenvalue weighted by atomic mass is 10.3. The SMILES string of the molecule is COc1ccccc1NC(=O)Cn1cccc(N)c1=O. The molecule has 0 bridgehead atoms. The first-order chi connectivity index (χ1) is 9.61. The molecule has 6 nitrogen and oxygen atoms in total. The Morgan fingerprint density at radius 2 is 2.05 bits per heavy atom. The number of nitrogen functional groups attached to an aromatic ring is 1. The molecule has 0 aliphatic carbocycles. The number of methoxy groups -OCH3 is 1. The Kier molecular flexibility index (Phi) is 4.05. The van der Waals surface area contributed by atoms with Crippen molar-refractivity contribution < 1.29 is 9.53 Å². The summed E-state index contributed by atoms with van der Waals surface area (Å²) in [5.41, 5.74) is 5.78. The van der Waals surface area contributed by atoms with Crippen molar-refractivity contribution in [1.82, 2.24) is 4.57 Å². The van der Waals surface area contributed by atoms with Gasteiger partial charge >= 0.3 is 0 Å². The number of nitrogens with one attached hydrogen (secondary N) is 1. The number of nitrogens with two attached hydrogens (primary N) is 1. The molecule has 0 aliphatic heterocycles. The highest BCUT2D eigenvalue weighted by Gasteiger charge is 2.09. The third-order valence-electron chi connectivity index (χ3n) is 2.74. The van der Waals surface area contributed by atoms with E-state index in [-0.39, 0.29) is 23.7 Å². The van der Waals surface area contributed by atoms with Crippen LogP contribution in [0.2, 0.25) is 0 Å². The van der Waals surface area contributed by atoms with Gasteiger partial charge in [-0.05, 0) is 24.3 Å². The highest BCUT2D eigenvalue weighted by molar-refractivity contribution is 5.92. The van der Waals surface area contributed by atoms with E-state index in [4.69, 9.17) is 10.5 Å². The van der Waals surface area contributed by atoms with E-state index in [2.05, 4.69) is 5.32 Å². The predicted octanol–water partition coefficient (Wildman–Crippen LogP) is 1.08. The normalized spacial score (nSPS) is 10.1. The molecule has 2 aromatic rings. The molecule has 1 amide bonds. The molecule has 0 unspecified atom stereocenters. The molecule has 0 aliphatic rings. The molecule has 0 saturated heterocycles. The highest BCUT2D eigenvalue weighted by Crippen LogP contribution is 2.22. The standard InChI is InChI=1S/C14H15N3O3/c1-20-12-7-3-2-6-11(12)16-13(18)9-17-8-4-5-10(15)14(17)19/h2-8H,9,15H2,1H3,(H,16,18). The Hall–Kier alpha value is -2.76. The Labute approximate surface area is 115 Å². The minimum atomic E-state index is -0.386. The van der Waals surface area contributed by atoms with Crippen molar-refractivity contribution in [2.45, 2.75) is 6.54 Å². The lowest BCUT2D eigenvalue weighted by Gasteiger charge is -2.10. The lowest BCUT2D eigenvalue weighted by Crippen LogP contribution is -2.28. The largest absolute Gasteiger partial charge is 0.495 e. The predicted molar refractivity (Wildman–Crippen MR) is 76.7 cm³/mol. The van der Waals surface area contributed by atoms with Crippen LogP contribution in [-0.4, -0.2) is 17.6 Å². The summed E-state index contributed by atoms with van der Waals surface area (Å²) in [6.07, 6.45) is 1.51. The van der Waals surface area contributed by atoms with Crippen LogP contribution >= 0.6 is 0 Å². The van der Waals surface area contributed by atoms with E-state index in [1.54, 1.807) is 30.3 Å². The maximum absolute atomic E-state index is 11.9. The van der Waals surface area contributed by atoms with Crippen molar-refractivity contribution in [2.24, 2.45) is 0 Å². The number of nitrogens with zero attached hydrogens (tertiary/aromatic N) is 1. The number of ether oxygens (including phenoxy) is 1.